The van der Waals surface area contributed by atoms with Crippen LogP contribution >= 0.6 is 11.8 Å². The van der Waals surface area contributed by atoms with Crippen molar-refractivity contribution in [3.05, 3.63) is 70.1 Å². The van der Waals surface area contributed by atoms with Gasteiger partial charge in [-0.05, 0) is 36.4 Å². The standard InChI is InChI=1S/C17H13F3OS/c1-11-7-8-14-13(9-11)16(12-5-3-2-4-6-12)15(10-21-14)22-17(18,19)20/h2-9H,10H2,1H3. The SMILES string of the molecule is Cc1ccc2c(c1)C(c1ccccc1)=C(SC(F)(F)F)CO2. The zero-order chi connectivity index (χ0) is 15.7. The summed E-state index contributed by atoms with van der Waals surface area (Å²) in [5.74, 6) is 0.621. The molecule has 1 aliphatic heterocycles. The Morgan fingerprint density at radius 1 is 1.05 bits per heavy atom. The van der Waals surface area contributed by atoms with Crippen LogP contribution in [0.2, 0.25) is 0 Å². The summed E-state index contributed by atoms with van der Waals surface area (Å²) < 4.78 is 44.1. The van der Waals surface area contributed by atoms with Gasteiger partial charge < -0.3 is 4.74 Å². The minimum atomic E-state index is -4.33. The van der Waals surface area contributed by atoms with E-state index in [4.69, 9.17) is 4.74 Å². The van der Waals surface area contributed by atoms with Gasteiger partial charge in [-0.25, -0.2) is 0 Å². The second-order valence-electron chi connectivity index (χ2n) is 5.00. The topological polar surface area (TPSA) is 9.23 Å². The van der Waals surface area contributed by atoms with Crippen LogP contribution in [0.5, 0.6) is 5.75 Å². The Hall–Kier alpha value is -1.88. The first-order chi connectivity index (χ1) is 10.4. The predicted octanol–water partition coefficient (Wildman–Crippen LogP) is 5.40. The van der Waals surface area contributed by atoms with Crippen molar-refractivity contribution in [3.63, 3.8) is 0 Å². The third-order valence-corrected chi connectivity index (χ3v) is 4.14. The highest BCUT2D eigenvalue weighted by molar-refractivity contribution is 8.04. The smallest absolute Gasteiger partial charge is 0.446 e. The van der Waals surface area contributed by atoms with Crippen molar-refractivity contribution in [1.29, 1.82) is 0 Å². The molecule has 22 heavy (non-hydrogen) atoms. The summed E-state index contributed by atoms with van der Waals surface area (Å²) in [6.07, 6.45) is 0. The summed E-state index contributed by atoms with van der Waals surface area (Å²) in [5, 5.41) is 0. The first-order valence-corrected chi connectivity index (χ1v) is 7.54. The van der Waals surface area contributed by atoms with E-state index < -0.39 is 5.51 Å². The van der Waals surface area contributed by atoms with Crippen LogP contribution in [0.15, 0.2) is 53.4 Å². The molecular weight excluding hydrogens is 309 g/mol. The molecule has 3 rings (SSSR count). The summed E-state index contributed by atoms with van der Waals surface area (Å²) >= 11 is -0.0953. The predicted molar refractivity (Wildman–Crippen MR) is 82.8 cm³/mol. The van der Waals surface area contributed by atoms with E-state index in [1.165, 1.54) is 0 Å². The quantitative estimate of drug-likeness (QED) is 0.732. The van der Waals surface area contributed by atoms with Crippen molar-refractivity contribution in [2.24, 2.45) is 0 Å². The first-order valence-electron chi connectivity index (χ1n) is 6.72. The molecule has 0 bridgehead atoms. The van der Waals surface area contributed by atoms with Gasteiger partial charge in [-0.15, -0.1) is 0 Å². The van der Waals surface area contributed by atoms with Gasteiger partial charge in [0, 0.05) is 16.0 Å². The molecule has 1 heterocycles. The highest BCUT2D eigenvalue weighted by Crippen LogP contribution is 2.46. The largest absolute Gasteiger partial charge is 0.488 e. The number of rotatable bonds is 2. The summed E-state index contributed by atoms with van der Waals surface area (Å²) in [5.41, 5.74) is -1.27. The van der Waals surface area contributed by atoms with Gasteiger partial charge in [-0.3, -0.25) is 0 Å². The van der Waals surface area contributed by atoms with Crippen LogP contribution in [0.3, 0.4) is 0 Å². The molecule has 1 nitrogen and oxygen atoms in total. The fourth-order valence-corrected chi connectivity index (χ4v) is 3.20. The van der Waals surface area contributed by atoms with Crippen LogP contribution in [-0.4, -0.2) is 12.1 Å². The molecule has 0 radical (unpaired) electrons. The van der Waals surface area contributed by atoms with E-state index in [0.29, 0.717) is 16.9 Å². The second kappa shape index (κ2) is 5.72. The molecule has 2 aromatic carbocycles. The van der Waals surface area contributed by atoms with E-state index in [2.05, 4.69) is 0 Å². The molecule has 0 N–H and O–H groups in total. The highest BCUT2D eigenvalue weighted by atomic mass is 32.2. The molecule has 0 amide bonds. The van der Waals surface area contributed by atoms with Crippen molar-refractivity contribution in [2.75, 3.05) is 6.61 Å². The summed E-state index contributed by atoms with van der Waals surface area (Å²) in [6.45, 7) is 1.85. The van der Waals surface area contributed by atoms with Gasteiger partial charge in [0.1, 0.15) is 12.4 Å². The number of hydrogen-bond donors (Lipinski definition) is 0. The number of ether oxygens (including phenoxy) is 1. The van der Waals surface area contributed by atoms with Gasteiger partial charge in [0.15, 0.2) is 0 Å². The first kappa shape index (κ1) is 15.0. The molecule has 2 aromatic rings. The van der Waals surface area contributed by atoms with Crippen molar-refractivity contribution in [3.8, 4) is 5.75 Å². The van der Waals surface area contributed by atoms with Crippen molar-refractivity contribution < 1.29 is 17.9 Å². The number of thioether (sulfide) groups is 1. The fourth-order valence-electron chi connectivity index (χ4n) is 2.47. The number of benzene rings is 2. The maximum atomic E-state index is 12.9. The van der Waals surface area contributed by atoms with Crippen molar-refractivity contribution >= 4 is 17.3 Å². The van der Waals surface area contributed by atoms with Crippen LogP contribution in [-0.2, 0) is 0 Å². The molecule has 5 heteroatoms. The number of aryl methyl sites for hydroxylation is 1. The van der Waals surface area contributed by atoms with E-state index in [1.54, 1.807) is 0 Å². The monoisotopic (exact) mass is 322 g/mol. The molecule has 0 fully saturated rings. The Labute approximate surface area is 130 Å². The fraction of sp³-hybridized carbons (Fsp3) is 0.176. The number of fused-ring (bicyclic) bond motifs is 1. The molecule has 0 aliphatic carbocycles. The normalized spacial score (nSPS) is 14.5. The molecule has 0 spiro atoms. The zero-order valence-electron chi connectivity index (χ0n) is 11.8. The van der Waals surface area contributed by atoms with E-state index in [-0.39, 0.29) is 23.3 Å². The lowest BCUT2D eigenvalue weighted by Crippen LogP contribution is -2.14. The Kier molecular flexibility index (Phi) is 3.91. The lowest BCUT2D eigenvalue weighted by Gasteiger charge is -2.25. The summed E-state index contributed by atoms with van der Waals surface area (Å²) in [6, 6.07) is 14.7. The minimum absolute atomic E-state index is 0.0650. The molecular formula is C17H13F3OS. The Morgan fingerprint density at radius 2 is 1.77 bits per heavy atom. The molecule has 0 aromatic heterocycles. The molecule has 1 aliphatic rings. The molecule has 0 saturated heterocycles. The lowest BCUT2D eigenvalue weighted by atomic mass is 9.94. The van der Waals surface area contributed by atoms with Gasteiger partial charge in [-0.2, -0.15) is 13.2 Å². The summed E-state index contributed by atoms with van der Waals surface area (Å²) in [4.78, 5) is 0.191. The van der Waals surface area contributed by atoms with E-state index >= 15 is 0 Å². The molecule has 0 saturated carbocycles. The average Bonchev–Trinajstić information content (AvgIpc) is 2.46. The molecule has 114 valence electrons. The maximum absolute atomic E-state index is 12.9. The third-order valence-electron chi connectivity index (χ3n) is 3.34. The molecule has 0 unspecified atom stereocenters. The van der Waals surface area contributed by atoms with Crippen LogP contribution in [0, 0.1) is 6.92 Å². The second-order valence-corrected chi connectivity index (χ2v) is 6.16. The van der Waals surface area contributed by atoms with E-state index in [0.717, 1.165) is 11.1 Å². The van der Waals surface area contributed by atoms with Gasteiger partial charge in [0.25, 0.3) is 0 Å². The molecule has 0 atom stereocenters. The van der Waals surface area contributed by atoms with Crippen molar-refractivity contribution in [1.82, 2.24) is 0 Å². The van der Waals surface area contributed by atoms with Gasteiger partial charge in [0.05, 0.1) is 0 Å². The lowest BCUT2D eigenvalue weighted by molar-refractivity contribution is -0.0323. The number of halogens is 3. The van der Waals surface area contributed by atoms with Crippen molar-refractivity contribution in [2.45, 2.75) is 12.4 Å². The van der Waals surface area contributed by atoms with Crippen LogP contribution < -0.4 is 4.74 Å². The third kappa shape index (κ3) is 3.14. The summed E-state index contributed by atoms with van der Waals surface area (Å²) in [7, 11) is 0. The van der Waals surface area contributed by atoms with Gasteiger partial charge in [0.2, 0.25) is 0 Å². The minimum Gasteiger partial charge on any atom is -0.488 e. The number of alkyl halides is 3. The van der Waals surface area contributed by atoms with Crippen LogP contribution in [0.4, 0.5) is 13.2 Å². The Balaban J connectivity index is 2.20. The maximum Gasteiger partial charge on any atom is 0.446 e. The van der Waals surface area contributed by atoms with E-state index in [1.807, 2.05) is 55.5 Å². The highest BCUT2D eigenvalue weighted by Gasteiger charge is 2.34. The van der Waals surface area contributed by atoms with Gasteiger partial charge >= 0.3 is 5.51 Å². The van der Waals surface area contributed by atoms with Crippen LogP contribution in [0.25, 0.3) is 5.57 Å². The van der Waals surface area contributed by atoms with Gasteiger partial charge in [-0.1, -0.05) is 42.0 Å². The number of hydrogen-bond acceptors (Lipinski definition) is 2. The van der Waals surface area contributed by atoms with Crippen LogP contribution in [0.1, 0.15) is 16.7 Å². The van der Waals surface area contributed by atoms with E-state index in [9.17, 15) is 13.2 Å². The Bertz CT molecular complexity index is 720. The average molecular weight is 322 g/mol. The Morgan fingerprint density at radius 3 is 2.45 bits per heavy atom. The zero-order valence-corrected chi connectivity index (χ0v) is 12.6.